The summed E-state index contributed by atoms with van der Waals surface area (Å²) < 4.78 is 0. The van der Waals surface area contributed by atoms with Crippen LogP contribution in [0.25, 0.3) is 21.5 Å². The predicted molar refractivity (Wildman–Crippen MR) is 75.0 cm³/mol. The second kappa shape index (κ2) is 3.39. The largest absolute Gasteiger partial charge is 0.398 e. The number of aryl methyl sites for hydroxylation is 1. The van der Waals surface area contributed by atoms with Crippen molar-refractivity contribution in [3.05, 3.63) is 48.0 Å². The van der Waals surface area contributed by atoms with E-state index in [0.717, 1.165) is 38.5 Å². The third kappa shape index (κ3) is 1.27. The van der Waals surface area contributed by atoms with Gasteiger partial charge in [0.25, 0.3) is 0 Å². The van der Waals surface area contributed by atoms with Crippen molar-refractivity contribution in [1.29, 1.82) is 0 Å². The minimum Gasteiger partial charge on any atom is -0.398 e. The lowest BCUT2D eigenvalue weighted by Gasteiger charge is -2.12. The van der Waals surface area contributed by atoms with Crippen molar-refractivity contribution < 1.29 is 0 Å². The van der Waals surface area contributed by atoms with Gasteiger partial charge in [-0.2, -0.15) is 0 Å². The molecule has 0 amide bonds. The first kappa shape index (κ1) is 9.97. The van der Waals surface area contributed by atoms with E-state index < -0.39 is 0 Å². The Labute approximate surface area is 99.8 Å². The average molecular weight is 222 g/mol. The van der Waals surface area contributed by atoms with Crippen LogP contribution in [0.15, 0.2) is 42.5 Å². The van der Waals surface area contributed by atoms with Gasteiger partial charge in [-0.25, -0.2) is 0 Å². The van der Waals surface area contributed by atoms with Crippen LogP contribution < -0.4 is 11.5 Å². The van der Waals surface area contributed by atoms with Crippen molar-refractivity contribution in [3.63, 3.8) is 0 Å². The summed E-state index contributed by atoms with van der Waals surface area (Å²) in [5, 5.41) is 4.18. The number of nitrogens with two attached hydrogens (primary N) is 2. The molecule has 0 aliphatic carbocycles. The van der Waals surface area contributed by atoms with Gasteiger partial charge in [0.15, 0.2) is 0 Å². The maximum atomic E-state index is 6.27. The first-order valence-electron chi connectivity index (χ1n) is 5.65. The number of hydrogen-bond acceptors (Lipinski definition) is 2. The van der Waals surface area contributed by atoms with E-state index in [0.29, 0.717) is 0 Å². The maximum absolute atomic E-state index is 6.27. The van der Waals surface area contributed by atoms with Gasteiger partial charge < -0.3 is 11.5 Å². The quantitative estimate of drug-likeness (QED) is 0.347. The Morgan fingerprint density at radius 2 is 1.29 bits per heavy atom. The van der Waals surface area contributed by atoms with E-state index in [1.54, 1.807) is 0 Å². The molecule has 2 nitrogen and oxygen atoms in total. The fourth-order valence-electron chi connectivity index (χ4n) is 2.48. The first-order valence-corrected chi connectivity index (χ1v) is 5.65. The van der Waals surface area contributed by atoms with Crippen LogP contribution in [0.2, 0.25) is 0 Å². The Morgan fingerprint density at radius 1 is 0.706 bits per heavy atom. The summed E-state index contributed by atoms with van der Waals surface area (Å²) in [6.07, 6.45) is 0. The summed E-state index contributed by atoms with van der Waals surface area (Å²) in [7, 11) is 0. The third-order valence-corrected chi connectivity index (χ3v) is 3.34. The molecule has 3 aromatic rings. The maximum Gasteiger partial charge on any atom is 0.0477 e. The highest BCUT2D eigenvalue weighted by molar-refractivity contribution is 6.19. The SMILES string of the molecule is Cc1cccc2c(N)c3ccccc3c(N)c12. The van der Waals surface area contributed by atoms with Crippen LogP contribution in [0, 0.1) is 6.92 Å². The van der Waals surface area contributed by atoms with Crippen molar-refractivity contribution in [2.45, 2.75) is 6.92 Å². The lowest BCUT2D eigenvalue weighted by Crippen LogP contribution is -1.96. The molecule has 0 aliphatic heterocycles. The fraction of sp³-hybridized carbons (Fsp3) is 0.0667. The van der Waals surface area contributed by atoms with Crippen molar-refractivity contribution in [2.75, 3.05) is 11.5 Å². The van der Waals surface area contributed by atoms with Crippen LogP contribution >= 0.6 is 0 Å². The molecule has 3 rings (SSSR count). The normalized spacial score (nSPS) is 11.1. The highest BCUT2D eigenvalue weighted by atomic mass is 14.6. The highest BCUT2D eigenvalue weighted by Crippen LogP contribution is 2.37. The highest BCUT2D eigenvalue weighted by Gasteiger charge is 2.10. The van der Waals surface area contributed by atoms with Gasteiger partial charge in [-0.1, -0.05) is 42.5 Å². The summed E-state index contributed by atoms with van der Waals surface area (Å²) in [6.45, 7) is 2.06. The van der Waals surface area contributed by atoms with Gasteiger partial charge in [0, 0.05) is 32.9 Å². The molecule has 0 spiro atoms. The van der Waals surface area contributed by atoms with Gasteiger partial charge >= 0.3 is 0 Å². The lowest BCUT2D eigenvalue weighted by atomic mass is 9.96. The first-order chi connectivity index (χ1) is 8.20. The molecular weight excluding hydrogens is 208 g/mol. The molecule has 0 bridgehead atoms. The number of rotatable bonds is 0. The standard InChI is InChI=1S/C15H14N2/c1-9-5-4-8-12-13(9)15(17)11-7-3-2-6-10(11)14(12)16/h2-8H,16-17H2,1H3. The molecule has 0 aliphatic rings. The molecular formula is C15H14N2. The smallest absolute Gasteiger partial charge is 0.0477 e. The summed E-state index contributed by atoms with van der Waals surface area (Å²) in [5.41, 5.74) is 15.3. The van der Waals surface area contributed by atoms with E-state index in [-0.39, 0.29) is 0 Å². The van der Waals surface area contributed by atoms with Crippen LogP contribution in [0.5, 0.6) is 0 Å². The minimum atomic E-state index is 0.813. The number of benzene rings is 3. The Balaban J connectivity index is 2.69. The molecule has 17 heavy (non-hydrogen) atoms. The Kier molecular flexibility index (Phi) is 1.99. The number of anilines is 2. The molecule has 2 heteroatoms. The molecule has 0 saturated heterocycles. The van der Waals surface area contributed by atoms with Crippen LogP contribution in [0.3, 0.4) is 0 Å². The summed E-state index contributed by atoms with van der Waals surface area (Å²) in [6, 6.07) is 14.1. The predicted octanol–water partition coefficient (Wildman–Crippen LogP) is 3.47. The molecule has 0 fully saturated rings. The minimum absolute atomic E-state index is 0.813. The van der Waals surface area contributed by atoms with Gasteiger partial charge in [0.2, 0.25) is 0 Å². The molecule has 0 heterocycles. The number of hydrogen-bond donors (Lipinski definition) is 2. The molecule has 0 saturated carbocycles. The Hall–Kier alpha value is -2.22. The zero-order valence-electron chi connectivity index (χ0n) is 9.70. The van der Waals surface area contributed by atoms with Crippen molar-refractivity contribution >= 4 is 32.9 Å². The lowest BCUT2D eigenvalue weighted by molar-refractivity contribution is 1.54. The zero-order valence-corrected chi connectivity index (χ0v) is 9.70. The second-order valence-corrected chi connectivity index (χ2v) is 4.37. The number of fused-ring (bicyclic) bond motifs is 2. The van der Waals surface area contributed by atoms with Gasteiger partial charge in [-0.15, -0.1) is 0 Å². The van der Waals surface area contributed by atoms with E-state index in [4.69, 9.17) is 11.5 Å². The summed E-state index contributed by atoms with van der Waals surface area (Å²) >= 11 is 0. The van der Waals surface area contributed by atoms with E-state index in [1.165, 1.54) is 0 Å². The van der Waals surface area contributed by atoms with Crippen LogP contribution in [-0.2, 0) is 0 Å². The van der Waals surface area contributed by atoms with Gasteiger partial charge in [-0.3, -0.25) is 0 Å². The zero-order chi connectivity index (χ0) is 12.0. The van der Waals surface area contributed by atoms with Gasteiger partial charge in [0.1, 0.15) is 0 Å². The van der Waals surface area contributed by atoms with E-state index in [1.807, 2.05) is 36.4 Å². The van der Waals surface area contributed by atoms with Crippen LogP contribution in [0.4, 0.5) is 11.4 Å². The third-order valence-electron chi connectivity index (χ3n) is 3.34. The van der Waals surface area contributed by atoms with E-state index in [9.17, 15) is 0 Å². The Bertz CT molecular complexity index is 730. The van der Waals surface area contributed by atoms with E-state index >= 15 is 0 Å². The van der Waals surface area contributed by atoms with Crippen molar-refractivity contribution in [2.24, 2.45) is 0 Å². The number of nitrogen functional groups attached to an aromatic ring is 2. The van der Waals surface area contributed by atoms with E-state index in [2.05, 4.69) is 13.0 Å². The fourth-order valence-corrected chi connectivity index (χ4v) is 2.48. The van der Waals surface area contributed by atoms with Gasteiger partial charge in [-0.05, 0) is 12.5 Å². The Morgan fingerprint density at radius 3 is 2.00 bits per heavy atom. The summed E-state index contributed by atoms with van der Waals surface area (Å²) in [4.78, 5) is 0. The van der Waals surface area contributed by atoms with Gasteiger partial charge in [0.05, 0.1) is 0 Å². The van der Waals surface area contributed by atoms with Crippen LogP contribution in [-0.4, -0.2) is 0 Å². The average Bonchev–Trinajstić information content (AvgIpc) is 2.36. The summed E-state index contributed by atoms with van der Waals surface area (Å²) in [5.74, 6) is 0. The topological polar surface area (TPSA) is 52.0 Å². The van der Waals surface area contributed by atoms with Crippen molar-refractivity contribution in [3.8, 4) is 0 Å². The molecule has 4 N–H and O–H groups in total. The molecule has 0 radical (unpaired) electrons. The monoisotopic (exact) mass is 222 g/mol. The molecule has 84 valence electrons. The van der Waals surface area contributed by atoms with Crippen LogP contribution in [0.1, 0.15) is 5.56 Å². The van der Waals surface area contributed by atoms with Crippen molar-refractivity contribution in [1.82, 2.24) is 0 Å². The molecule has 3 aromatic carbocycles. The molecule has 0 atom stereocenters. The molecule has 0 aromatic heterocycles. The molecule has 0 unspecified atom stereocenters. The second-order valence-electron chi connectivity index (χ2n) is 4.37.